The molecule has 0 aliphatic carbocycles. The van der Waals surface area contributed by atoms with Gasteiger partial charge in [-0.1, -0.05) is 0 Å². The molecule has 0 amide bonds. The average Bonchev–Trinajstić information content (AvgIpc) is 2.56. The molecule has 5 nitrogen and oxygen atoms in total. The minimum absolute atomic E-state index is 0.193. The number of aromatic nitrogens is 2. The number of hydrogen-bond donors (Lipinski definition) is 1. The Morgan fingerprint density at radius 3 is 3.07 bits per heavy atom. The highest BCUT2D eigenvalue weighted by atomic mass is 16.4. The topological polar surface area (TPSA) is 72.2 Å². The minimum atomic E-state index is -0.963. The molecular weight excluding hydrogens is 196 g/mol. The molecule has 0 spiro atoms. The van der Waals surface area contributed by atoms with Crippen molar-refractivity contribution in [3.63, 3.8) is 0 Å². The van der Waals surface area contributed by atoms with Crippen LogP contribution in [0.4, 0.5) is 0 Å². The second kappa shape index (κ2) is 3.53. The summed E-state index contributed by atoms with van der Waals surface area (Å²) in [6.07, 6.45) is 3.76. The van der Waals surface area contributed by atoms with Gasteiger partial charge in [-0.05, 0) is 12.1 Å². The number of carboxylic acid groups (broad SMARTS) is 1. The summed E-state index contributed by atoms with van der Waals surface area (Å²) in [6.45, 7) is -0.193. The summed E-state index contributed by atoms with van der Waals surface area (Å²) in [7, 11) is 0. The van der Waals surface area contributed by atoms with Crippen molar-refractivity contribution in [1.29, 1.82) is 0 Å². The first kappa shape index (κ1) is 9.39. The first-order chi connectivity index (χ1) is 7.22. The number of aldehydes is 1. The third-order valence-corrected chi connectivity index (χ3v) is 2.10. The van der Waals surface area contributed by atoms with E-state index in [-0.39, 0.29) is 6.54 Å². The lowest BCUT2D eigenvalue weighted by atomic mass is 10.2. The van der Waals surface area contributed by atoms with Crippen LogP contribution in [0.15, 0.2) is 24.5 Å². The largest absolute Gasteiger partial charge is 0.480 e. The molecule has 0 bridgehead atoms. The van der Waals surface area contributed by atoms with Crippen LogP contribution in [-0.2, 0) is 11.3 Å². The highest BCUT2D eigenvalue weighted by Gasteiger charge is 2.10. The molecule has 0 saturated heterocycles. The van der Waals surface area contributed by atoms with Crippen molar-refractivity contribution in [2.24, 2.45) is 0 Å². The summed E-state index contributed by atoms with van der Waals surface area (Å²) in [5, 5.41) is 9.35. The molecule has 76 valence electrons. The van der Waals surface area contributed by atoms with Gasteiger partial charge in [-0.15, -0.1) is 0 Å². The van der Waals surface area contributed by atoms with Gasteiger partial charge in [0.1, 0.15) is 12.2 Å². The average molecular weight is 204 g/mol. The van der Waals surface area contributed by atoms with Gasteiger partial charge in [-0.25, -0.2) is 4.98 Å². The summed E-state index contributed by atoms with van der Waals surface area (Å²) < 4.78 is 1.45. The molecule has 1 N–H and O–H groups in total. The van der Waals surface area contributed by atoms with Gasteiger partial charge < -0.3 is 9.67 Å². The molecule has 15 heavy (non-hydrogen) atoms. The van der Waals surface area contributed by atoms with Gasteiger partial charge in [0.2, 0.25) is 0 Å². The molecular formula is C10H8N2O3. The van der Waals surface area contributed by atoms with Crippen LogP contribution in [0.25, 0.3) is 11.0 Å². The Bertz CT molecular complexity index is 530. The number of hydrogen-bond acceptors (Lipinski definition) is 3. The molecule has 0 aliphatic heterocycles. The zero-order valence-electron chi connectivity index (χ0n) is 7.75. The second-order valence-corrected chi connectivity index (χ2v) is 3.10. The number of nitrogens with zero attached hydrogens (tertiary/aromatic N) is 2. The Morgan fingerprint density at radius 2 is 2.40 bits per heavy atom. The highest BCUT2D eigenvalue weighted by Crippen LogP contribution is 2.17. The zero-order valence-corrected chi connectivity index (χ0v) is 7.75. The number of fused-ring (bicyclic) bond motifs is 1. The summed E-state index contributed by atoms with van der Waals surface area (Å²) in [4.78, 5) is 25.3. The van der Waals surface area contributed by atoms with E-state index >= 15 is 0 Å². The lowest BCUT2D eigenvalue weighted by molar-refractivity contribution is -0.137. The third kappa shape index (κ3) is 1.59. The van der Waals surface area contributed by atoms with E-state index in [1.165, 1.54) is 10.8 Å². The number of rotatable bonds is 3. The lowest BCUT2D eigenvalue weighted by Crippen LogP contribution is -2.07. The fraction of sp³-hybridized carbons (Fsp3) is 0.100. The predicted molar refractivity (Wildman–Crippen MR) is 52.8 cm³/mol. The Morgan fingerprint density at radius 1 is 1.60 bits per heavy atom. The van der Waals surface area contributed by atoms with Gasteiger partial charge in [0.05, 0.1) is 0 Å². The van der Waals surface area contributed by atoms with Crippen LogP contribution in [0.1, 0.15) is 10.4 Å². The summed E-state index contributed by atoms with van der Waals surface area (Å²) in [5.41, 5.74) is 0.973. The van der Waals surface area contributed by atoms with Gasteiger partial charge in [0.15, 0.2) is 6.29 Å². The highest BCUT2D eigenvalue weighted by molar-refractivity contribution is 5.96. The van der Waals surface area contributed by atoms with Gasteiger partial charge in [0, 0.05) is 23.3 Å². The second-order valence-electron chi connectivity index (χ2n) is 3.10. The molecule has 2 aromatic heterocycles. The Hall–Kier alpha value is -2.17. The third-order valence-electron chi connectivity index (χ3n) is 2.10. The first-order valence-corrected chi connectivity index (χ1v) is 4.33. The van der Waals surface area contributed by atoms with Crippen molar-refractivity contribution in [3.8, 4) is 0 Å². The van der Waals surface area contributed by atoms with E-state index in [9.17, 15) is 9.59 Å². The van der Waals surface area contributed by atoms with Gasteiger partial charge in [-0.3, -0.25) is 9.59 Å². The number of pyridine rings is 1. The number of carbonyl (C=O) groups excluding carboxylic acids is 1. The summed E-state index contributed by atoms with van der Waals surface area (Å²) in [6, 6.07) is 3.45. The molecule has 0 aromatic carbocycles. The van der Waals surface area contributed by atoms with E-state index in [2.05, 4.69) is 4.98 Å². The molecule has 2 heterocycles. The Kier molecular flexibility index (Phi) is 2.21. The van der Waals surface area contributed by atoms with E-state index in [0.717, 1.165) is 0 Å². The van der Waals surface area contributed by atoms with Crippen LogP contribution >= 0.6 is 0 Å². The van der Waals surface area contributed by atoms with Crippen LogP contribution in [0.2, 0.25) is 0 Å². The van der Waals surface area contributed by atoms with Crippen molar-refractivity contribution >= 4 is 23.3 Å². The molecule has 0 aliphatic rings. The van der Waals surface area contributed by atoms with E-state index in [1.54, 1.807) is 18.3 Å². The molecule has 0 saturated carbocycles. The zero-order chi connectivity index (χ0) is 10.8. The van der Waals surface area contributed by atoms with Crippen LogP contribution in [0.5, 0.6) is 0 Å². The normalized spacial score (nSPS) is 10.4. The summed E-state index contributed by atoms with van der Waals surface area (Å²) >= 11 is 0. The van der Waals surface area contributed by atoms with Crippen molar-refractivity contribution in [2.75, 3.05) is 0 Å². The summed E-state index contributed by atoms with van der Waals surface area (Å²) in [5.74, 6) is -0.963. The van der Waals surface area contributed by atoms with Crippen LogP contribution in [0, 0.1) is 0 Å². The quantitative estimate of drug-likeness (QED) is 0.755. The maximum Gasteiger partial charge on any atom is 0.323 e. The van der Waals surface area contributed by atoms with Crippen molar-refractivity contribution < 1.29 is 14.7 Å². The van der Waals surface area contributed by atoms with Gasteiger partial charge in [-0.2, -0.15) is 0 Å². The maximum absolute atomic E-state index is 10.7. The fourth-order valence-electron chi connectivity index (χ4n) is 1.51. The molecule has 5 heteroatoms. The van der Waals surface area contributed by atoms with E-state index in [0.29, 0.717) is 22.9 Å². The molecule has 2 rings (SSSR count). The van der Waals surface area contributed by atoms with Gasteiger partial charge in [0.25, 0.3) is 0 Å². The Labute approximate surface area is 85.0 Å². The van der Waals surface area contributed by atoms with Crippen LogP contribution < -0.4 is 0 Å². The molecule has 0 radical (unpaired) electrons. The van der Waals surface area contributed by atoms with E-state index < -0.39 is 5.97 Å². The van der Waals surface area contributed by atoms with E-state index in [4.69, 9.17) is 5.11 Å². The fourth-order valence-corrected chi connectivity index (χ4v) is 1.51. The molecule has 2 aromatic rings. The maximum atomic E-state index is 10.7. The first-order valence-electron chi connectivity index (χ1n) is 4.33. The number of carbonyl (C=O) groups is 2. The molecule has 0 fully saturated rings. The van der Waals surface area contributed by atoms with Gasteiger partial charge >= 0.3 is 5.97 Å². The predicted octanol–water partition coefficient (Wildman–Crippen LogP) is 0.933. The smallest absolute Gasteiger partial charge is 0.323 e. The number of carboxylic acids is 1. The minimum Gasteiger partial charge on any atom is -0.480 e. The molecule has 0 unspecified atom stereocenters. The van der Waals surface area contributed by atoms with Crippen molar-refractivity contribution in [3.05, 3.63) is 30.1 Å². The molecule has 0 atom stereocenters. The standard InChI is InChI=1S/C10H8N2O3/c13-6-7-4-12(5-9(14)15)10-8(7)2-1-3-11-10/h1-4,6H,5H2,(H,14,15). The Balaban J connectivity index is 2.64. The SMILES string of the molecule is O=Cc1cn(CC(=O)O)c2ncccc12. The van der Waals surface area contributed by atoms with Crippen LogP contribution in [-0.4, -0.2) is 26.9 Å². The monoisotopic (exact) mass is 204 g/mol. The van der Waals surface area contributed by atoms with Crippen molar-refractivity contribution in [1.82, 2.24) is 9.55 Å². The van der Waals surface area contributed by atoms with E-state index in [1.807, 2.05) is 0 Å². The lowest BCUT2D eigenvalue weighted by Gasteiger charge is -1.98. The number of aliphatic carboxylic acids is 1. The van der Waals surface area contributed by atoms with Crippen LogP contribution in [0.3, 0.4) is 0 Å². The van der Waals surface area contributed by atoms with Crippen molar-refractivity contribution in [2.45, 2.75) is 6.54 Å².